The SMILES string of the molecule is CN1CCC(N)[C@@H](F)C1. The molecule has 0 spiro atoms. The van der Waals surface area contributed by atoms with Crippen molar-refractivity contribution < 1.29 is 4.39 Å². The van der Waals surface area contributed by atoms with Crippen molar-refractivity contribution in [1.82, 2.24) is 4.90 Å². The van der Waals surface area contributed by atoms with Crippen molar-refractivity contribution in [1.29, 1.82) is 0 Å². The minimum absolute atomic E-state index is 0.221. The second-order valence-corrected chi connectivity index (χ2v) is 2.73. The van der Waals surface area contributed by atoms with Gasteiger partial charge >= 0.3 is 0 Å². The Morgan fingerprint density at radius 3 is 2.78 bits per heavy atom. The summed E-state index contributed by atoms with van der Waals surface area (Å²) in [6.45, 7) is 1.43. The summed E-state index contributed by atoms with van der Waals surface area (Å²) in [5, 5.41) is 0. The lowest BCUT2D eigenvalue weighted by Gasteiger charge is -2.29. The van der Waals surface area contributed by atoms with E-state index in [-0.39, 0.29) is 6.04 Å². The summed E-state index contributed by atoms with van der Waals surface area (Å²) in [5.41, 5.74) is 5.44. The molecule has 54 valence electrons. The average molecular weight is 132 g/mol. The Bertz CT molecular complexity index is 97.1. The van der Waals surface area contributed by atoms with Crippen LogP contribution in [0.15, 0.2) is 0 Å². The third-order valence-electron chi connectivity index (χ3n) is 1.79. The Kier molecular flexibility index (Phi) is 2.03. The molecule has 0 radical (unpaired) electrons. The van der Waals surface area contributed by atoms with Gasteiger partial charge in [0.1, 0.15) is 6.17 Å². The maximum atomic E-state index is 12.7. The van der Waals surface area contributed by atoms with Crippen LogP contribution in [-0.2, 0) is 0 Å². The van der Waals surface area contributed by atoms with Gasteiger partial charge in [-0.15, -0.1) is 0 Å². The largest absolute Gasteiger partial charge is 0.325 e. The molecule has 2 nitrogen and oxygen atoms in total. The summed E-state index contributed by atoms with van der Waals surface area (Å²) in [6, 6.07) is -0.221. The molecule has 0 aromatic rings. The Labute approximate surface area is 54.8 Å². The average Bonchev–Trinajstić information content (AvgIpc) is 1.80. The summed E-state index contributed by atoms with van der Waals surface area (Å²) in [5.74, 6) is 0. The third kappa shape index (κ3) is 1.63. The fraction of sp³-hybridized carbons (Fsp3) is 1.00. The third-order valence-corrected chi connectivity index (χ3v) is 1.79. The minimum atomic E-state index is -0.816. The highest BCUT2D eigenvalue weighted by Gasteiger charge is 2.23. The van der Waals surface area contributed by atoms with Crippen LogP contribution in [0.25, 0.3) is 0 Å². The summed E-state index contributed by atoms with van der Waals surface area (Å²) in [7, 11) is 1.92. The monoisotopic (exact) mass is 132 g/mol. The molecule has 0 amide bonds. The zero-order chi connectivity index (χ0) is 6.85. The predicted molar refractivity (Wildman–Crippen MR) is 35.0 cm³/mol. The molecule has 2 N–H and O–H groups in total. The van der Waals surface area contributed by atoms with E-state index in [2.05, 4.69) is 0 Å². The Hall–Kier alpha value is -0.150. The minimum Gasteiger partial charge on any atom is -0.325 e. The standard InChI is InChI=1S/C6H13FN2/c1-9-3-2-6(8)5(7)4-9/h5-6H,2-4,8H2,1H3/t5-,6?/m0/s1. The summed E-state index contributed by atoms with van der Waals surface area (Å²) in [6.07, 6.45) is -0.0266. The van der Waals surface area contributed by atoms with Gasteiger partial charge in [-0.25, -0.2) is 4.39 Å². The lowest BCUT2D eigenvalue weighted by atomic mass is 10.1. The second kappa shape index (κ2) is 2.62. The maximum Gasteiger partial charge on any atom is 0.128 e. The van der Waals surface area contributed by atoms with Gasteiger partial charge in [0.2, 0.25) is 0 Å². The Balaban J connectivity index is 2.35. The van der Waals surface area contributed by atoms with E-state index in [0.29, 0.717) is 6.54 Å². The molecular formula is C6H13FN2. The van der Waals surface area contributed by atoms with Gasteiger partial charge in [0.05, 0.1) is 0 Å². The van der Waals surface area contributed by atoms with Crippen LogP contribution in [0.4, 0.5) is 4.39 Å². The summed E-state index contributed by atoms with van der Waals surface area (Å²) >= 11 is 0. The Morgan fingerprint density at radius 1 is 1.67 bits per heavy atom. The van der Waals surface area contributed by atoms with Gasteiger partial charge in [0, 0.05) is 12.6 Å². The molecule has 1 heterocycles. The van der Waals surface area contributed by atoms with Gasteiger partial charge in [-0.1, -0.05) is 0 Å². The van der Waals surface area contributed by atoms with Crippen molar-refractivity contribution in [2.45, 2.75) is 18.6 Å². The predicted octanol–water partition coefficient (Wildman–Crippen LogP) is -0.0127. The van der Waals surface area contributed by atoms with Crippen LogP contribution in [0.1, 0.15) is 6.42 Å². The first kappa shape index (κ1) is 6.96. The van der Waals surface area contributed by atoms with Crippen LogP contribution >= 0.6 is 0 Å². The van der Waals surface area contributed by atoms with E-state index >= 15 is 0 Å². The van der Waals surface area contributed by atoms with Gasteiger partial charge in [-0.3, -0.25) is 0 Å². The zero-order valence-corrected chi connectivity index (χ0v) is 5.68. The smallest absolute Gasteiger partial charge is 0.128 e. The molecule has 1 fully saturated rings. The van der Waals surface area contributed by atoms with E-state index < -0.39 is 6.17 Å². The number of hydrogen-bond acceptors (Lipinski definition) is 2. The molecule has 0 aromatic heterocycles. The molecular weight excluding hydrogens is 119 g/mol. The highest BCUT2D eigenvalue weighted by atomic mass is 19.1. The molecule has 0 aliphatic carbocycles. The highest BCUT2D eigenvalue weighted by Crippen LogP contribution is 2.09. The van der Waals surface area contributed by atoms with E-state index in [1.165, 1.54) is 0 Å². The van der Waals surface area contributed by atoms with Crippen molar-refractivity contribution >= 4 is 0 Å². The number of piperidine rings is 1. The fourth-order valence-corrected chi connectivity index (χ4v) is 1.07. The van der Waals surface area contributed by atoms with Gasteiger partial charge < -0.3 is 10.6 Å². The van der Waals surface area contributed by atoms with Crippen LogP contribution in [0.3, 0.4) is 0 Å². The molecule has 3 heteroatoms. The van der Waals surface area contributed by atoms with Crippen molar-refractivity contribution in [3.05, 3.63) is 0 Å². The molecule has 1 unspecified atom stereocenters. The van der Waals surface area contributed by atoms with E-state index in [1.807, 2.05) is 11.9 Å². The van der Waals surface area contributed by atoms with Crippen LogP contribution in [0.2, 0.25) is 0 Å². The van der Waals surface area contributed by atoms with Gasteiger partial charge in [0.15, 0.2) is 0 Å². The number of alkyl halides is 1. The molecule has 2 atom stereocenters. The van der Waals surface area contributed by atoms with E-state index in [0.717, 1.165) is 13.0 Å². The van der Waals surface area contributed by atoms with Gasteiger partial charge in [-0.2, -0.15) is 0 Å². The van der Waals surface area contributed by atoms with Gasteiger partial charge in [-0.05, 0) is 20.0 Å². The van der Waals surface area contributed by atoms with E-state index in [4.69, 9.17) is 5.73 Å². The quantitative estimate of drug-likeness (QED) is 0.502. The zero-order valence-electron chi connectivity index (χ0n) is 5.68. The summed E-state index contributed by atoms with van der Waals surface area (Å²) in [4.78, 5) is 1.97. The number of halogens is 1. The normalized spacial score (nSPS) is 39.0. The first-order chi connectivity index (χ1) is 4.20. The van der Waals surface area contributed by atoms with Crippen LogP contribution in [-0.4, -0.2) is 37.3 Å². The van der Waals surface area contributed by atoms with Crippen LogP contribution < -0.4 is 5.73 Å². The molecule has 1 saturated heterocycles. The second-order valence-electron chi connectivity index (χ2n) is 2.73. The lowest BCUT2D eigenvalue weighted by Crippen LogP contribution is -2.46. The van der Waals surface area contributed by atoms with Crippen LogP contribution in [0.5, 0.6) is 0 Å². The first-order valence-corrected chi connectivity index (χ1v) is 3.28. The molecule has 0 bridgehead atoms. The van der Waals surface area contributed by atoms with E-state index in [9.17, 15) is 4.39 Å². The number of likely N-dealkylation sites (tertiary alicyclic amines) is 1. The Morgan fingerprint density at radius 2 is 2.33 bits per heavy atom. The number of hydrogen-bond donors (Lipinski definition) is 1. The molecule has 0 aromatic carbocycles. The topological polar surface area (TPSA) is 29.3 Å². The number of rotatable bonds is 0. The van der Waals surface area contributed by atoms with E-state index in [1.54, 1.807) is 0 Å². The molecule has 1 aliphatic heterocycles. The molecule has 9 heavy (non-hydrogen) atoms. The lowest BCUT2D eigenvalue weighted by molar-refractivity contribution is 0.141. The van der Waals surface area contributed by atoms with Crippen molar-refractivity contribution in [3.8, 4) is 0 Å². The summed E-state index contributed by atoms with van der Waals surface area (Å²) < 4.78 is 12.7. The fourth-order valence-electron chi connectivity index (χ4n) is 1.07. The molecule has 1 aliphatic rings. The number of nitrogens with two attached hydrogens (primary N) is 1. The molecule has 0 saturated carbocycles. The maximum absolute atomic E-state index is 12.7. The highest BCUT2D eigenvalue weighted by molar-refractivity contribution is 4.80. The van der Waals surface area contributed by atoms with Crippen molar-refractivity contribution in [3.63, 3.8) is 0 Å². The number of nitrogens with zero attached hydrogens (tertiary/aromatic N) is 1. The first-order valence-electron chi connectivity index (χ1n) is 3.28. The van der Waals surface area contributed by atoms with Crippen LogP contribution in [0, 0.1) is 0 Å². The van der Waals surface area contributed by atoms with Gasteiger partial charge in [0.25, 0.3) is 0 Å². The molecule has 1 rings (SSSR count). The van der Waals surface area contributed by atoms with Crippen molar-refractivity contribution in [2.75, 3.05) is 20.1 Å². The van der Waals surface area contributed by atoms with Crippen molar-refractivity contribution in [2.24, 2.45) is 5.73 Å².